The molecule has 0 amide bonds. The van der Waals surface area contributed by atoms with Crippen molar-refractivity contribution >= 4 is 11.6 Å². The largest absolute Gasteiger partial charge is 0.461 e. The molecular formula is C16H13FN2O2. The summed E-state index contributed by atoms with van der Waals surface area (Å²) in [6, 6.07) is 12.1. The van der Waals surface area contributed by atoms with Gasteiger partial charge in [-0.1, -0.05) is 30.3 Å². The summed E-state index contributed by atoms with van der Waals surface area (Å²) in [4.78, 5) is 16.6. The van der Waals surface area contributed by atoms with E-state index in [-0.39, 0.29) is 12.3 Å². The maximum absolute atomic E-state index is 13.5. The van der Waals surface area contributed by atoms with Crippen LogP contribution in [0.2, 0.25) is 0 Å². The van der Waals surface area contributed by atoms with Gasteiger partial charge in [-0.05, 0) is 19.1 Å². The summed E-state index contributed by atoms with van der Waals surface area (Å²) in [5, 5.41) is 0. The number of hydrogen-bond donors (Lipinski definition) is 0. The summed E-state index contributed by atoms with van der Waals surface area (Å²) in [5.74, 6) is -0.959. The highest BCUT2D eigenvalue weighted by atomic mass is 19.1. The summed E-state index contributed by atoms with van der Waals surface area (Å²) < 4.78 is 20.0. The molecule has 0 radical (unpaired) electrons. The molecule has 2 heterocycles. The van der Waals surface area contributed by atoms with Crippen LogP contribution < -0.4 is 0 Å². The van der Waals surface area contributed by atoms with Gasteiger partial charge in [-0.25, -0.2) is 14.2 Å². The maximum atomic E-state index is 13.5. The predicted octanol–water partition coefficient (Wildman–Crippen LogP) is 3.32. The summed E-state index contributed by atoms with van der Waals surface area (Å²) in [6.07, 6.45) is 1.24. The molecule has 0 spiro atoms. The topological polar surface area (TPSA) is 43.6 Å². The van der Waals surface area contributed by atoms with E-state index in [9.17, 15) is 9.18 Å². The molecule has 0 unspecified atom stereocenters. The Balaban J connectivity index is 2.28. The Morgan fingerprint density at radius 2 is 2.00 bits per heavy atom. The molecule has 3 rings (SSSR count). The maximum Gasteiger partial charge on any atom is 0.357 e. The molecule has 5 heteroatoms. The van der Waals surface area contributed by atoms with Crippen LogP contribution in [-0.4, -0.2) is 22.0 Å². The van der Waals surface area contributed by atoms with Gasteiger partial charge in [-0.3, -0.25) is 4.40 Å². The fourth-order valence-electron chi connectivity index (χ4n) is 2.21. The molecule has 1 aromatic carbocycles. The first-order valence-electron chi connectivity index (χ1n) is 6.61. The Labute approximate surface area is 120 Å². The van der Waals surface area contributed by atoms with Crippen molar-refractivity contribution in [3.05, 3.63) is 60.2 Å². The molecule has 3 aromatic rings. The molecule has 0 aliphatic rings. The van der Waals surface area contributed by atoms with E-state index in [1.807, 2.05) is 30.3 Å². The monoisotopic (exact) mass is 284 g/mol. The van der Waals surface area contributed by atoms with Gasteiger partial charge in [0.2, 0.25) is 0 Å². The third-order valence-electron chi connectivity index (χ3n) is 3.10. The highest BCUT2D eigenvalue weighted by Crippen LogP contribution is 2.25. The zero-order chi connectivity index (χ0) is 14.8. The van der Waals surface area contributed by atoms with E-state index in [2.05, 4.69) is 4.98 Å². The van der Waals surface area contributed by atoms with E-state index in [4.69, 9.17) is 4.74 Å². The molecule has 2 aromatic heterocycles. The molecule has 0 N–H and O–H groups in total. The van der Waals surface area contributed by atoms with Gasteiger partial charge < -0.3 is 4.74 Å². The van der Waals surface area contributed by atoms with Crippen molar-refractivity contribution in [1.29, 1.82) is 0 Å². The number of nitrogens with zero attached hydrogens (tertiary/aromatic N) is 2. The molecule has 0 atom stereocenters. The van der Waals surface area contributed by atoms with Gasteiger partial charge in [0.1, 0.15) is 17.2 Å². The highest BCUT2D eigenvalue weighted by Gasteiger charge is 2.21. The van der Waals surface area contributed by atoms with Crippen LogP contribution in [0.1, 0.15) is 17.4 Å². The van der Waals surface area contributed by atoms with Crippen LogP contribution in [0.15, 0.2) is 48.7 Å². The third-order valence-corrected chi connectivity index (χ3v) is 3.10. The average Bonchev–Trinajstić information content (AvgIpc) is 2.87. The zero-order valence-corrected chi connectivity index (χ0v) is 11.4. The van der Waals surface area contributed by atoms with E-state index < -0.39 is 11.8 Å². The third kappa shape index (κ3) is 2.38. The smallest absolute Gasteiger partial charge is 0.357 e. The van der Waals surface area contributed by atoms with Crippen LogP contribution in [0, 0.1) is 5.82 Å². The predicted molar refractivity (Wildman–Crippen MR) is 76.5 cm³/mol. The Kier molecular flexibility index (Phi) is 3.39. The van der Waals surface area contributed by atoms with E-state index in [1.54, 1.807) is 6.92 Å². The van der Waals surface area contributed by atoms with E-state index in [0.29, 0.717) is 11.3 Å². The second-order valence-corrected chi connectivity index (χ2v) is 4.47. The SMILES string of the molecule is CCOC(=O)c1c(-c2ccccc2)nc2ccc(F)cn12. The van der Waals surface area contributed by atoms with Crippen LogP contribution >= 0.6 is 0 Å². The Bertz CT molecular complexity index is 797. The lowest BCUT2D eigenvalue weighted by Crippen LogP contribution is -2.09. The molecule has 21 heavy (non-hydrogen) atoms. The van der Waals surface area contributed by atoms with Gasteiger partial charge in [0.25, 0.3) is 0 Å². The number of hydrogen-bond acceptors (Lipinski definition) is 3. The number of imidazole rings is 1. The second-order valence-electron chi connectivity index (χ2n) is 4.47. The molecule has 0 bridgehead atoms. The zero-order valence-electron chi connectivity index (χ0n) is 11.4. The molecule has 106 valence electrons. The quantitative estimate of drug-likeness (QED) is 0.693. The van der Waals surface area contributed by atoms with Crippen molar-refractivity contribution in [2.75, 3.05) is 6.61 Å². The Morgan fingerprint density at radius 3 is 2.71 bits per heavy atom. The van der Waals surface area contributed by atoms with Gasteiger partial charge in [-0.15, -0.1) is 0 Å². The van der Waals surface area contributed by atoms with Crippen LogP contribution in [0.5, 0.6) is 0 Å². The van der Waals surface area contributed by atoms with Crippen molar-refractivity contribution in [1.82, 2.24) is 9.38 Å². The number of esters is 1. The molecule has 0 aliphatic heterocycles. The molecule has 0 saturated carbocycles. The number of carbonyl (C=O) groups is 1. The fourth-order valence-corrected chi connectivity index (χ4v) is 2.21. The number of rotatable bonds is 3. The van der Waals surface area contributed by atoms with E-state index in [1.165, 1.54) is 22.7 Å². The fraction of sp³-hybridized carbons (Fsp3) is 0.125. The standard InChI is InChI=1S/C16H13FN2O2/c1-2-21-16(20)15-14(11-6-4-3-5-7-11)18-13-9-8-12(17)10-19(13)15/h3-10H,2H2,1H3. The van der Waals surface area contributed by atoms with Crippen LogP contribution in [0.25, 0.3) is 16.9 Å². The lowest BCUT2D eigenvalue weighted by Gasteiger charge is -2.04. The minimum Gasteiger partial charge on any atom is -0.461 e. The Morgan fingerprint density at radius 1 is 1.24 bits per heavy atom. The number of pyridine rings is 1. The second kappa shape index (κ2) is 5.36. The van der Waals surface area contributed by atoms with Gasteiger partial charge in [0.05, 0.1) is 6.61 Å². The number of halogens is 1. The van der Waals surface area contributed by atoms with Crippen LogP contribution in [0.3, 0.4) is 0 Å². The molecule has 0 fully saturated rings. The summed E-state index contributed by atoms with van der Waals surface area (Å²) in [5.41, 5.74) is 2.00. The van der Waals surface area contributed by atoms with E-state index >= 15 is 0 Å². The molecular weight excluding hydrogens is 271 g/mol. The number of benzene rings is 1. The minimum atomic E-state index is -0.519. The first kappa shape index (κ1) is 13.3. The van der Waals surface area contributed by atoms with Gasteiger partial charge >= 0.3 is 5.97 Å². The van der Waals surface area contributed by atoms with Crippen molar-refractivity contribution in [2.24, 2.45) is 0 Å². The number of carbonyl (C=O) groups excluding carboxylic acids is 1. The normalized spacial score (nSPS) is 10.8. The summed E-state index contributed by atoms with van der Waals surface area (Å²) in [7, 11) is 0. The highest BCUT2D eigenvalue weighted by molar-refractivity contribution is 5.96. The van der Waals surface area contributed by atoms with Gasteiger partial charge in [-0.2, -0.15) is 0 Å². The first-order chi connectivity index (χ1) is 10.2. The van der Waals surface area contributed by atoms with Crippen LogP contribution in [0.4, 0.5) is 4.39 Å². The number of fused-ring (bicyclic) bond motifs is 1. The summed E-state index contributed by atoms with van der Waals surface area (Å²) >= 11 is 0. The lowest BCUT2D eigenvalue weighted by molar-refractivity contribution is 0.0519. The minimum absolute atomic E-state index is 0.234. The van der Waals surface area contributed by atoms with Crippen molar-refractivity contribution in [3.63, 3.8) is 0 Å². The number of ether oxygens (including phenoxy) is 1. The van der Waals surface area contributed by atoms with Crippen molar-refractivity contribution < 1.29 is 13.9 Å². The first-order valence-corrected chi connectivity index (χ1v) is 6.61. The molecule has 0 saturated heterocycles. The average molecular weight is 284 g/mol. The summed E-state index contributed by atoms with van der Waals surface area (Å²) in [6.45, 7) is 1.97. The van der Waals surface area contributed by atoms with Crippen molar-refractivity contribution in [3.8, 4) is 11.3 Å². The lowest BCUT2D eigenvalue weighted by atomic mass is 10.1. The van der Waals surface area contributed by atoms with Crippen molar-refractivity contribution in [2.45, 2.75) is 6.92 Å². The van der Waals surface area contributed by atoms with Crippen LogP contribution in [-0.2, 0) is 4.74 Å². The van der Waals surface area contributed by atoms with Gasteiger partial charge in [0, 0.05) is 11.8 Å². The Hall–Kier alpha value is -2.69. The molecule has 4 nitrogen and oxygen atoms in total. The van der Waals surface area contributed by atoms with E-state index in [0.717, 1.165) is 5.56 Å². The van der Waals surface area contributed by atoms with Gasteiger partial charge in [0.15, 0.2) is 5.69 Å². The molecule has 0 aliphatic carbocycles. The number of aromatic nitrogens is 2.